The molecule has 1 N–H and O–H groups in total. The van der Waals surface area contributed by atoms with Crippen LogP contribution in [0, 0.1) is 0 Å². The molecule has 7 nitrogen and oxygen atoms in total. The molecule has 28 heavy (non-hydrogen) atoms. The lowest BCUT2D eigenvalue weighted by Crippen LogP contribution is -2.31. The molecule has 0 unspecified atom stereocenters. The minimum Gasteiger partial charge on any atom is -0.476 e. The molecule has 2 heterocycles. The first-order chi connectivity index (χ1) is 13.1. The van der Waals surface area contributed by atoms with Gasteiger partial charge in [-0.1, -0.05) is 11.6 Å². The van der Waals surface area contributed by atoms with Crippen molar-refractivity contribution in [3.63, 3.8) is 0 Å². The minimum atomic E-state index is -4.56. The van der Waals surface area contributed by atoms with Gasteiger partial charge in [-0.25, -0.2) is 9.59 Å². The number of halogens is 4. The van der Waals surface area contributed by atoms with Crippen LogP contribution in [0.2, 0.25) is 5.02 Å². The zero-order valence-corrected chi connectivity index (χ0v) is 15.1. The van der Waals surface area contributed by atoms with Crippen molar-refractivity contribution in [3.8, 4) is 0 Å². The third-order valence-corrected chi connectivity index (χ3v) is 4.36. The zero-order chi connectivity index (χ0) is 20.5. The molecule has 0 saturated heterocycles. The van der Waals surface area contributed by atoms with Crippen LogP contribution in [0.5, 0.6) is 0 Å². The SMILES string of the molecule is O=C(O)c1cc2n(n1)CCCN(C(=O)OCc1cc(Cl)cc(C(F)(F)F)c1)C2. The van der Waals surface area contributed by atoms with E-state index < -0.39 is 23.8 Å². The van der Waals surface area contributed by atoms with Gasteiger partial charge in [-0.05, 0) is 36.2 Å². The highest BCUT2D eigenvalue weighted by Crippen LogP contribution is 2.32. The van der Waals surface area contributed by atoms with Crippen molar-refractivity contribution < 1.29 is 32.6 Å². The van der Waals surface area contributed by atoms with Crippen LogP contribution in [0.3, 0.4) is 0 Å². The summed E-state index contributed by atoms with van der Waals surface area (Å²) in [5.74, 6) is -1.17. The second-order valence-corrected chi connectivity index (χ2v) is 6.66. The Hall–Kier alpha value is -2.75. The number of carboxylic acids is 1. The monoisotopic (exact) mass is 417 g/mol. The van der Waals surface area contributed by atoms with Crippen LogP contribution in [-0.2, 0) is 30.6 Å². The van der Waals surface area contributed by atoms with Crippen LogP contribution < -0.4 is 0 Å². The molecule has 1 aromatic heterocycles. The number of hydrogen-bond acceptors (Lipinski definition) is 4. The van der Waals surface area contributed by atoms with E-state index in [1.165, 1.54) is 21.7 Å². The third kappa shape index (κ3) is 4.56. The lowest BCUT2D eigenvalue weighted by atomic mass is 10.1. The number of aromatic nitrogens is 2. The fraction of sp³-hybridized carbons (Fsp3) is 0.353. The van der Waals surface area contributed by atoms with Crippen molar-refractivity contribution in [1.82, 2.24) is 14.7 Å². The number of aromatic carboxylic acids is 1. The van der Waals surface area contributed by atoms with Gasteiger partial charge < -0.3 is 14.7 Å². The van der Waals surface area contributed by atoms with Gasteiger partial charge >= 0.3 is 18.2 Å². The molecule has 3 rings (SSSR count). The maximum Gasteiger partial charge on any atom is 0.416 e. The van der Waals surface area contributed by atoms with E-state index in [1.807, 2.05) is 0 Å². The summed E-state index contributed by atoms with van der Waals surface area (Å²) < 4.78 is 45.2. The van der Waals surface area contributed by atoms with Crippen molar-refractivity contribution in [2.24, 2.45) is 0 Å². The number of benzene rings is 1. The smallest absolute Gasteiger partial charge is 0.416 e. The van der Waals surface area contributed by atoms with E-state index in [0.29, 0.717) is 25.2 Å². The van der Waals surface area contributed by atoms with Gasteiger partial charge in [0.15, 0.2) is 5.69 Å². The van der Waals surface area contributed by atoms with Crippen LogP contribution in [-0.4, -0.2) is 38.4 Å². The summed E-state index contributed by atoms with van der Waals surface area (Å²) in [6.45, 7) is 0.491. The van der Waals surface area contributed by atoms with Gasteiger partial charge in [0.05, 0.1) is 17.8 Å². The highest BCUT2D eigenvalue weighted by Gasteiger charge is 2.31. The van der Waals surface area contributed by atoms with Gasteiger partial charge in [-0.3, -0.25) is 4.68 Å². The second-order valence-electron chi connectivity index (χ2n) is 6.22. The molecule has 0 saturated carbocycles. The Morgan fingerprint density at radius 3 is 2.64 bits per heavy atom. The number of hydrogen-bond donors (Lipinski definition) is 1. The Morgan fingerprint density at radius 1 is 1.21 bits per heavy atom. The van der Waals surface area contributed by atoms with Crippen LogP contribution in [0.4, 0.5) is 18.0 Å². The van der Waals surface area contributed by atoms with Crippen molar-refractivity contribution in [2.75, 3.05) is 6.54 Å². The first-order valence-electron chi connectivity index (χ1n) is 8.22. The number of nitrogens with zero attached hydrogens (tertiary/aromatic N) is 3. The van der Waals surface area contributed by atoms with Crippen molar-refractivity contribution in [3.05, 3.63) is 51.8 Å². The molecule has 0 radical (unpaired) electrons. The average Bonchev–Trinajstić information content (AvgIpc) is 2.90. The number of amides is 1. The Morgan fingerprint density at radius 2 is 1.96 bits per heavy atom. The Bertz CT molecular complexity index is 914. The molecule has 0 fully saturated rings. The van der Waals surface area contributed by atoms with Crippen LogP contribution in [0.1, 0.15) is 33.7 Å². The largest absolute Gasteiger partial charge is 0.476 e. The normalized spacial score (nSPS) is 14.4. The van der Waals surface area contributed by atoms with Crippen molar-refractivity contribution in [1.29, 1.82) is 0 Å². The van der Waals surface area contributed by atoms with Crippen LogP contribution >= 0.6 is 11.6 Å². The number of alkyl halides is 3. The maximum atomic E-state index is 12.9. The van der Waals surface area contributed by atoms with E-state index >= 15 is 0 Å². The average molecular weight is 418 g/mol. The van der Waals surface area contributed by atoms with E-state index in [9.17, 15) is 22.8 Å². The molecular formula is C17H15ClF3N3O4. The predicted molar refractivity (Wildman–Crippen MR) is 90.9 cm³/mol. The van der Waals surface area contributed by atoms with Gasteiger partial charge in [0.1, 0.15) is 6.61 Å². The lowest BCUT2D eigenvalue weighted by Gasteiger charge is -2.19. The number of fused-ring (bicyclic) bond motifs is 1. The van der Waals surface area contributed by atoms with E-state index in [0.717, 1.165) is 12.1 Å². The highest BCUT2D eigenvalue weighted by molar-refractivity contribution is 6.30. The molecule has 150 valence electrons. The molecule has 0 spiro atoms. The molecule has 1 aliphatic heterocycles. The van der Waals surface area contributed by atoms with Gasteiger partial charge in [0, 0.05) is 18.1 Å². The molecule has 11 heteroatoms. The standard InChI is InChI=1S/C17H15ClF3N3O4/c18-12-5-10(4-11(6-12)17(19,20)21)9-28-16(27)23-2-1-3-24-13(8-23)7-14(22-24)15(25)26/h4-7H,1-3,8-9H2,(H,25,26). The number of aryl methyl sites for hydroxylation is 1. The quantitative estimate of drug-likeness (QED) is 0.821. The zero-order valence-electron chi connectivity index (χ0n) is 14.4. The molecule has 1 aromatic carbocycles. The molecular weight excluding hydrogens is 403 g/mol. The topological polar surface area (TPSA) is 84.7 Å². The van der Waals surface area contributed by atoms with Gasteiger partial charge in [-0.2, -0.15) is 18.3 Å². The van der Waals surface area contributed by atoms with Crippen molar-refractivity contribution >= 4 is 23.7 Å². The number of carbonyl (C=O) groups excluding carboxylic acids is 1. The summed E-state index contributed by atoms with van der Waals surface area (Å²) in [4.78, 5) is 24.7. The molecule has 1 aliphatic rings. The van der Waals surface area contributed by atoms with Gasteiger partial charge in [-0.15, -0.1) is 0 Å². The van der Waals surface area contributed by atoms with Gasteiger partial charge in [0.2, 0.25) is 0 Å². The Kier molecular flexibility index (Phi) is 5.50. The third-order valence-electron chi connectivity index (χ3n) is 4.14. The summed E-state index contributed by atoms with van der Waals surface area (Å²) >= 11 is 5.72. The molecule has 0 atom stereocenters. The fourth-order valence-corrected chi connectivity index (χ4v) is 3.11. The van der Waals surface area contributed by atoms with Crippen molar-refractivity contribution in [2.45, 2.75) is 32.3 Å². The summed E-state index contributed by atoms with van der Waals surface area (Å²) in [6.07, 6.45) is -4.76. The number of carbonyl (C=O) groups is 2. The van der Waals surface area contributed by atoms with Gasteiger partial charge in [0.25, 0.3) is 0 Å². The van der Waals surface area contributed by atoms with Crippen LogP contribution in [0.15, 0.2) is 24.3 Å². The number of rotatable bonds is 3. The van der Waals surface area contributed by atoms with Crippen LogP contribution in [0.25, 0.3) is 0 Å². The minimum absolute atomic E-state index is 0.0858. The van der Waals surface area contributed by atoms with E-state index in [2.05, 4.69) is 5.10 Å². The fourth-order valence-electron chi connectivity index (χ4n) is 2.86. The van der Waals surface area contributed by atoms with E-state index in [1.54, 1.807) is 0 Å². The van der Waals surface area contributed by atoms with E-state index in [-0.39, 0.29) is 29.4 Å². The number of carboxylic acid groups (broad SMARTS) is 1. The first-order valence-corrected chi connectivity index (χ1v) is 8.59. The summed E-state index contributed by atoms with van der Waals surface area (Å²) in [5, 5.41) is 12.9. The Labute approximate surface area is 162 Å². The summed E-state index contributed by atoms with van der Waals surface area (Å²) in [7, 11) is 0. The predicted octanol–water partition coefficient (Wildman–Crippen LogP) is 3.80. The second kappa shape index (κ2) is 7.70. The Balaban J connectivity index is 1.68. The first kappa shape index (κ1) is 20.0. The summed E-state index contributed by atoms with van der Waals surface area (Å²) in [5.41, 5.74) is -0.398. The number of ether oxygens (including phenoxy) is 1. The van der Waals surface area contributed by atoms with E-state index in [4.69, 9.17) is 21.4 Å². The maximum absolute atomic E-state index is 12.9. The highest BCUT2D eigenvalue weighted by atomic mass is 35.5. The molecule has 1 amide bonds. The molecule has 2 aromatic rings. The molecule has 0 aliphatic carbocycles. The summed E-state index contributed by atoms with van der Waals surface area (Å²) in [6, 6.07) is 4.33. The lowest BCUT2D eigenvalue weighted by molar-refractivity contribution is -0.137. The molecule has 0 bridgehead atoms.